The van der Waals surface area contributed by atoms with Crippen LogP contribution < -0.4 is 0 Å². The molecule has 0 fully saturated rings. The number of pyridine rings is 1. The molecule has 1 aromatic heterocycles. The van der Waals surface area contributed by atoms with Crippen molar-refractivity contribution in [1.29, 1.82) is 0 Å². The first-order valence-electron chi connectivity index (χ1n) is 13.4. The Bertz CT molecular complexity index is 1330. The van der Waals surface area contributed by atoms with E-state index in [1.807, 2.05) is 45.0 Å². The van der Waals surface area contributed by atoms with Gasteiger partial charge in [0, 0.05) is 54.7 Å². The van der Waals surface area contributed by atoms with Crippen LogP contribution in [0, 0.1) is 10.1 Å². The van der Waals surface area contributed by atoms with Crippen molar-refractivity contribution in [2.75, 3.05) is 0 Å². The summed E-state index contributed by atoms with van der Waals surface area (Å²) in [6.45, 7) is 19.5. The Morgan fingerprint density at radius 1 is 0.769 bits per heavy atom. The third kappa shape index (κ3) is 7.35. The largest absolute Gasteiger partial charge is 0.507 e. The molecule has 7 heteroatoms. The van der Waals surface area contributed by atoms with Crippen molar-refractivity contribution in [3.8, 4) is 11.5 Å². The van der Waals surface area contributed by atoms with Gasteiger partial charge in [0.2, 0.25) is 0 Å². The third-order valence-corrected chi connectivity index (χ3v) is 6.95. The predicted octanol–water partition coefficient (Wildman–Crippen LogP) is 7.50. The molecule has 0 saturated carbocycles. The Labute approximate surface area is 232 Å². The molecular formula is C32H43N3O4. The maximum absolute atomic E-state index is 11.8. The minimum atomic E-state index is -0.489. The second kappa shape index (κ2) is 11.0. The number of aromatic hydroxyl groups is 2. The van der Waals surface area contributed by atoms with Crippen molar-refractivity contribution in [1.82, 2.24) is 9.88 Å². The molecule has 2 aromatic carbocycles. The molecule has 2 N–H and O–H groups in total. The van der Waals surface area contributed by atoms with E-state index in [2.05, 4.69) is 57.5 Å². The zero-order valence-electron chi connectivity index (χ0n) is 24.8. The number of rotatable bonds is 7. The summed E-state index contributed by atoms with van der Waals surface area (Å²) in [6, 6.07) is 12.7. The average Bonchev–Trinajstić information content (AvgIpc) is 2.79. The highest BCUT2D eigenvalue weighted by atomic mass is 16.6. The van der Waals surface area contributed by atoms with E-state index >= 15 is 0 Å². The summed E-state index contributed by atoms with van der Waals surface area (Å²) in [7, 11) is 0. The monoisotopic (exact) mass is 533 g/mol. The molecular weight excluding hydrogens is 490 g/mol. The standard InChI is InChI=1S/C32H43N3O4/c1-30(2,3)23-14-21(28(36)26(16-23)31(4,5)6)18-34(20-24-12-10-11-13-33-24)19-22-15-25(35(38)39)17-27(29(22)37)32(7,8)9/h10-17,36-37H,18-20H2,1-9H3. The number of phenolic OH excluding ortho intramolecular Hbond substituents is 2. The first-order chi connectivity index (χ1) is 17.9. The minimum absolute atomic E-state index is 0.0573. The number of non-ortho nitro benzene ring substituents is 1. The van der Waals surface area contributed by atoms with Crippen molar-refractivity contribution in [3.63, 3.8) is 0 Å². The van der Waals surface area contributed by atoms with Gasteiger partial charge in [-0.05, 0) is 39.5 Å². The molecule has 0 aliphatic carbocycles. The summed E-state index contributed by atoms with van der Waals surface area (Å²) < 4.78 is 0. The second-order valence-corrected chi connectivity index (χ2v) is 13.5. The molecule has 0 bridgehead atoms. The van der Waals surface area contributed by atoms with Crippen LogP contribution in [0.4, 0.5) is 5.69 Å². The Hall–Kier alpha value is -3.45. The zero-order valence-corrected chi connectivity index (χ0v) is 24.8. The molecule has 0 aliphatic rings. The van der Waals surface area contributed by atoms with Gasteiger partial charge in [-0.3, -0.25) is 20.0 Å². The van der Waals surface area contributed by atoms with Crippen molar-refractivity contribution in [2.24, 2.45) is 0 Å². The molecule has 1 heterocycles. The van der Waals surface area contributed by atoms with E-state index in [1.54, 1.807) is 6.20 Å². The van der Waals surface area contributed by atoms with E-state index in [4.69, 9.17) is 0 Å². The van der Waals surface area contributed by atoms with E-state index in [0.29, 0.717) is 24.2 Å². The van der Waals surface area contributed by atoms with E-state index in [9.17, 15) is 20.3 Å². The average molecular weight is 534 g/mol. The van der Waals surface area contributed by atoms with E-state index in [1.165, 1.54) is 12.1 Å². The third-order valence-electron chi connectivity index (χ3n) is 6.95. The smallest absolute Gasteiger partial charge is 0.270 e. The first kappa shape index (κ1) is 30.1. The van der Waals surface area contributed by atoms with Gasteiger partial charge < -0.3 is 10.2 Å². The second-order valence-electron chi connectivity index (χ2n) is 13.5. The van der Waals surface area contributed by atoms with Crippen molar-refractivity contribution in [3.05, 3.63) is 92.3 Å². The number of aromatic nitrogens is 1. The fraction of sp³-hybridized carbons (Fsp3) is 0.469. The van der Waals surface area contributed by atoms with Gasteiger partial charge in [-0.2, -0.15) is 0 Å². The maximum Gasteiger partial charge on any atom is 0.270 e. The lowest BCUT2D eigenvalue weighted by Gasteiger charge is -2.30. The Balaban J connectivity index is 2.16. The van der Waals surface area contributed by atoms with Gasteiger partial charge >= 0.3 is 0 Å². The SMILES string of the molecule is CC(C)(C)c1cc(CN(Cc2ccccn2)Cc2cc([N+](=O)[O-])cc(C(C)(C)C)c2O)c(O)c(C(C)(C)C)c1. The predicted molar refractivity (Wildman–Crippen MR) is 156 cm³/mol. The summed E-state index contributed by atoms with van der Waals surface area (Å²) >= 11 is 0. The van der Waals surface area contributed by atoms with E-state index < -0.39 is 10.3 Å². The van der Waals surface area contributed by atoms with Gasteiger partial charge in [-0.1, -0.05) is 80.5 Å². The van der Waals surface area contributed by atoms with E-state index in [0.717, 1.165) is 22.4 Å². The lowest BCUT2D eigenvalue weighted by Crippen LogP contribution is -2.25. The Kier molecular flexibility index (Phi) is 8.46. The maximum atomic E-state index is 11.8. The number of nitro benzene ring substituents is 1. The molecule has 39 heavy (non-hydrogen) atoms. The zero-order chi connectivity index (χ0) is 29.3. The number of phenols is 2. The Morgan fingerprint density at radius 3 is 1.77 bits per heavy atom. The molecule has 0 atom stereocenters. The van der Waals surface area contributed by atoms with Crippen molar-refractivity contribution >= 4 is 5.69 Å². The summed E-state index contributed by atoms with van der Waals surface area (Å²) in [5.41, 5.74) is 3.62. The van der Waals surface area contributed by atoms with Gasteiger partial charge in [-0.25, -0.2) is 0 Å². The van der Waals surface area contributed by atoms with Crippen LogP contribution in [0.1, 0.15) is 95.8 Å². The van der Waals surface area contributed by atoms with Gasteiger partial charge in [-0.15, -0.1) is 0 Å². The Morgan fingerprint density at radius 2 is 1.31 bits per heavy atom. The van der Waals surface area contributed by atoms with Crippen LogP contribution in [0.3, 0.4) is 0 Å². The lowest BCUT2D eigenvalue weighted by atomic mass is 9.79. The van der Waals surface area contributed by atoms with Crippen molar-refractivity contribution < 1.29 is 15.1 Å². The molecule has 7 nitrogen and oxygen atoms in total. The van der Waals surface area contributed by atoms with Crippen LogP contribution >= 0.6 is 0 Å². The molecule has 0 aliphatic heterocycles. The highest BCUT2D eigenvalue weighted by molar-refractivity contribution is 5.52. The molecule has 0 unspecified atom stereocenters. The molecule has 0 amide bonds. The number of hydrogen-bond acceptors (Lipinski definition) is 6. The number of benzene rings is 2. The fourth-order valence-electron chi connectivity index (χ4n) is 4.67. The van der Waals surface area contributed by atoms with E-state index in [-0.39, 0.29) is 34.6 Å². The topological polar surface area (TPSA) is 99.7 Å². The summed E-state index contributed by atoms with van der Waals surface area (Å²) in [4.78, 5) is 17.9. The summed E-state index contributed by atoms with van der Waals surface area (Å²) in [5, 5.41) is 34.5. The quantitative estimate of drug-likeness (QED) is 0.241. The van der Waals surface area contributed by atoms with Crippen LogP contribution in [-0.4, -0.2) is 25.0 Å². The molecule has 0 radical (unpaired) electrons. The fourth-order valence-corrected chi connectivity index (χ4v) is 4.67. The normalized spacial score (nSPS) is 12.7. The molecule has 0 saturated heterocycles. The minimum Gasteiger partial charge on any atom is -0.507 e. The van der Waals surface area contributed by atoms with Crippen LogP contribution in [-0.2, 0) is 35.9 Å². The molecule has 3 aromatic rings. The highest BCUT2D eigenvalue weighted by Gasteiger charge is 2.28. The highest BCUT2D eigenvalue weighted by Crippen LogP contribution is 2.40. The van der Waals surface area contributed by atoms with Gasteiger partial charge in [0.15, 0.2) is 0 Å². The van der Waals surface area contributed by atoms with Gasteiger partial charge in [0.25, 0.3) is 5.69 Å². The number of nitro groups is 1. The molecule has 3 rings (SSSR count). The van der Waals surface area contributed by atoms with Crippen LogP contribution in [0.2, 0.25) is 0 Å². The van der Waals surface area contributed by atoms with Crippen LogP contribution in [0.15, 0.2) is 48.7 Å². The summed E-state index contributed by atoms with van der Waals surface area (Å²) in [6.07, 6.45) is 1.73. The van der Waals surface area contributed by atoms with Crippen LogP contribution in [0.25, 0.3) is 0 Å². The summed E-state index contributed by atoms with van der Waals surface area (Å²) in [5.74, 6) is 0.308. The van der Waals surface area contributed by atoms with Gasteiger partial charge in [0.05, 0.1) is 10.6 Å². The van der Waals surface area contributed by atoms with Gasteiger partial charge in [0.1, 0.15) is 11.5 Å². The van der Waals surface area contributed by atoms with Crippen molar-refractivity contribution in [2.45, 2.75) is 98.2 Å². The molecule has 210 valence electrons. The van der Waals surface area contributed by atoms with Crippen LogP contribution in [0.5, 0.6) is 11.5 Å². The lowest BCUT2D eigenvalue weighted by molar-refractivity contribution is -0.385. The number of nitrogens with zero attached hydrogens (tertiary/aromatic N) is 3. The first-order valence-corrected chi connectivity index (χ1v) is 13.4. The number of hydrogen-bond donors (Lipinski definition) is 2. The molecule has 0 spiro atoms.